The second kappa shape index (κ2) is 5.04. The normalized spacial score (nSPS) is 11.3. The Morgan fingerprint density at radius 2 is 2.32 bits per heavy atom. The Morgan fingerprint density at radius 1 is 1.47 bits per heavy atom. The Morgan fingerprint density at radius 3 is 3.00 bits per heavy atom. The maximum atomic E-state index is 5.67. The van der Waals surface area contributed by atoms with Crippen molar-refractivity contribution in [1.29, 1.82) is 0 Å². The lowest BCUT2D eigenvalue weighted by atomic mass is 10.3. The first kappa shape index (κ1) is 12.8. The van der Waals surface area contributed by atoms with Gasteiger partial charge in [0.15, 0.2) is 0 Å². The molecule has 0 aromatic carbocycles. The van der Waals surface area contributed by atoms with Crippen LogP contribution in [0.4, 0.5) is 5.82 Å². The average molecular weight is 385 g/mol. The molecule has 3 rings (SSSR count). The van der Waals surface area contributed by atoms with Crippen LogP contribution in [0.2, 0.25) is 0 Å². The van der Waals surface area contributed by atoms with Crippen LogP contribution in [-0.4, -0.2) is 25.3 Å². The van der Waals surface area contributed by atoms with E-state index in [9.17, 15) is 0 Å². The van der Waals surface area contributed by atoms with Gasteiger partial charge in [-0.05, 0) is 40.5 Å². The van der Waals surface area contributed by atoms with Gasteiger partial charge < -0.3 is 5.73 Å². The van der Waals surface area contributed by atoms with Crippen molar-refractivity contribution in [2.75, 3.05) is 11.5 Å². The van der Waals surface area contributed by atoms with Gasteiger partial charge >= 0.3 is 0 Å². The second-order valence-electron chi connectivity index (χ2n) is 3.98. The summed E-state index contributed by atoms with van der Waals surface area (Å²) in [6.07, 6.45) is 2.09. The Labute approximate surface area is 128 Å². The van der Waals surface area contributed by atoms with Crippen LogP contribution in [0.5, 0.6) is 0 Å². The molecule has 5 nitrogen and oxygen atoms in total. The number of nitrogen functional groups attached to an aromatic ring is 1. The van der Waals surface area contributed by atoms with E-state index in [0.717, 1.165) is 27.8 Å². The molecular weight excluding hydrogens is 373 g/mol. The fourth-order valence-corrected chi connectivity index (χ4v) is 3.22. The molecule has 98 valence electrons. The zero-order valence-electron chi connectivity index (χ0n) is 10.2. The van der Waals surface area contributed by atoms with E-state index in [4.69, 9.17) is 5.73 Å². The van der Waals surface area contributed by atoms with Crippen molar-refractivity contribution < 1.29 is 0 Å². The van der Waals surface area contributed by atoms with Gasteiger partial charge in [-0.25, -0.2) is 4.98 Å². The largest absolute Gasteiger partial charge is 0.382 e. The van der Waals surface area contributed by atoms with Crippen LogP contribution in [0.3, 0.4) is 0 Å². The third-order valence-electron chi connectivity index (χ3n) is 2.67. The fraction of sp³-hybridized carbons (Fsp3) is 0.167. The minimum absolute atomic E-state index is 0.481. The van der Waals surface area contributed by atoms with Gasteiger partial charge in [-0.2, -0.15) is 5.10 Å². The lowest BCUT2D eigenvalue weighted by Crippen LogP contribution is -1.89. The zero-order valence-corrected chi connectivity index (χ0v) is 13.2. The van der Waals surface area contributed by atoms with Crippen LogP contribution in [0.15, 0.2) is 29.4 Å². The number of H-pyrrole nitrogens is 1. The van der Waals surface area contributed by atoms with Crippen LogP contribution in [-0.2, 0) is 0 Å². The average Bonchev–Trinajstić information content (AvgIpc) is 2.95. The molecule has 3 aromatic rings. The molecule has 0 amide bonds. The minimum Gasteiger partial charge on any atom is -0.382 e. The lowest BCUT2D eigenvalue weighted by molar-refractivity contribution is 1.03. The molecule has 0 saturated carbocycles. The summed E-state index contributed by atoms with van der Waals surface area (Å²) in [6, 6.07) is 5.88. The summed E-state index contributed by atoms with van der Waals surface area (Å²) in [5.41, 5.74) is 8.36. The van der Waals surface area contributed by atoms with E-state index in [1.807, 2.05) is 18.2 Å². The molecule has 3 aromatic heterocycles. The second-order valence-corrected chi connectivity index (χ2v) is 6.48. The van der Waals surface area contributed by atoms with Crippen molar-refractivity contribution in [3.63, 3.8) is 0 Å². The molecule has 3 heterocycles. The van der Waals surface area contributed by atoms with Gasteiger partial charge in [-0.1, -0.05) is 6.92 Å². The van der Waals surface area contributed by atoms with Crippen molar-refractivity contribution >= 4 is 45.8 Å². The van der Waals surface area contributed by atoms with Crippen molar-refractivity contribution in [2.24, 2.45) is 0 Å². The van der Waals surface area contributed by atoms with Gasteiger partial charge in [-0.3, -0.25) is 9.50 Å². The number of hydrogen-bond acceptors (Lipinski definition) is 4. The number of hydrogen-bond donors (Lipinski definition) is 2. The molecule has 0 atom stereocenters. The quantitative estimate of drug-likeness (QED) is 0.537. The molecule has 7 heteroatoms. The number of nitrogens with two attached hydrogens (primary N) is 1. The highest BCUT2D eigenvalue weighted by molar-refractivity contribution is 14.1. The van der Waals surface area contributed by atoms with Gasteiger partial charge in [0.05, 0.1) is 5.69 Å². The van der Waals surface area contributed by atoms with Crippen molar-refractivity contribution in [3.05, 3.63) is 28.0 Å². The number of imidazole rings is 1. The summed E-state index contributed by atoms with van der Waals surface area (Å²) < 4.78 is 3.29. The van der Waals surface area contributed by atoms with E-state index >= 15 is 0 Å². The molecule has 0 spiro atoms. The molecule has 0 saturated heterocycles. The summed E-state index contributed by atoms with van der Waals surface area (Å²) in [5.74, 6) is 1.46. The number of nitrogens with zero attached hydrogens (tertiary/aromatic N) is 3. The smallest absolute Gasteiger partial charge is 0.145 e. The number of nitrogens with one attached hydrogen (secondary N) is 1. The highest BCUT2D eigenvalue weighted by Crippen LogP contribution is 2.31. The molecule has 0 bridgehead atoms. The number of halogens is 1. The number of rotatable bonds is 3. The number of fused-ring (bicyclic) bond motifs is 1. The number of anilines is 1. The van der Waals surface area contributed by atoms with E-state index < -0.39 is 0 Å². The van der Waals surface area contributed by atoms with E-state index in [-0.39, 0.29) is 0 Å². The number of aromatic amines is 1. The fourth-order valence-electron chi connectivity index (χ4n) is 1.91. The first-order chi connectivity index (χ1) is 9.19. The molecule has 19 heavy (non-hydrogen) atoms. The van der Waals surface area contributed by atoms with Gasteiger partial charge in [0.25, 0.3) is 0 Å². The van der Waals surface area contributed by atoms with Crippen molar-refractivity contribution in [2.45, 2.75) is 11.9 Å². The SMILES string of the molecule is CCSc1c(-c2cc(N)n[nH]2)nc2ccc(I)cn12. The maximum Gasteiger partial charge on any atom is 0.145 e. The highest BCUT2D eigenvalue weighted by atomic mass is 127. The molecule has 0 aliphatic heterocycles. The molecule has 0 fully saturated rings. The highest BCUT2D eigenvalue weighted by Gasteiger charge is 2.15. The van der Waals surface area contributed by atoms with Crippen LogP contribution in [0.1, 0.15) is 6.92 Å². The number of pyridine rings is 1. The Hall–Kier alpha value is -1.22. The van der Waals surface area contributed by atoms with E-state index in [1.54, 1.807) is 11.8 Å². The maximum absolute atomic E-state index is 5.67. The van der Waals surface area contributed by atoms with E-state index in [0.29, 0.717) is 5.82 Å². The molecule has 0 aliphatic rings. The third kappa shape index (κ3) is 2.32. The molecule has 3 N–H and O–H groups in total. The minimum atomic E-state index is 0.481. The summed E-state index contributed by atoms with van der Waals surface area (Å²) >= 11 is 4.06. The number of aromatic nitrogens is 4. The van der Waals surface area contributed by atoms with Gasteiger partial charge in [-0.15, -0.1) is 11.8 Å². The Bertz CT molecular complexity index is 733. The lowest BCUT2D eigenvalue weighted by Gasteiger charge is -2.02. The summed E-state index contributed by atoms with van der Waals surface area (Å²) in [7, 11) is 0. The van der Waals surface area contributed by atoms with Crippen LogP contribution in [0, 0.1) is 3.57 Å². The molecule has 0 radical (unpaired) electrons. The van der Waals surface area contributed by atoms with Crippen LogP contribution >= 0.6 is 34.4 Å². The zero-order chi connectivity index (χ0) is 13.4. The topological polar surface area (TPSA) is 72.0 Å². The summed E-state index contributed by atoms with van der Waals surface area (Å²) in [4.78, 5) is 4.67. The van der Waals surface area contributed by atoms with Gasteiger partial charge in [0, 0.05) is 15.8 Å². The first-order valence-electron chi connectivity index (χ1n) is 5.80. The van der Waals surface area contributed by atoms with Crippen molar-refractivity contribution in [3.8, 4) is 11.4 Å². The first-order valence-corrected chi connectivity index (χ1v) is 7.87. The van der Waals surface area contributed by atoms with Gasteiger partial charge in [0.2, 0.25) is 0 Å². The number of thioether (sulfide) groups is 1. The van der Waals surface area contributed by atoms with Crippen LogP contribution in [0.25, 0.3) is 17.0 Å². The predicted octanol–water partition coefficient (Wildman–Crippen LogP) is 3.02. The standard InChI is InChI=1S/C12H12IN5S/c1-2-19-12-11(8-5-9(14)17-16-8)15-10-4-3-7(13)6-18(10)12/h3-6H,2H2,1H3,(H3,14,16,17). The Balaban J connectivity index is 2.25. The Kier molecular flexibility index (Phi) is 3.40. The molecule has 0 unspecified atom stereocenters. The summed E-state index contributed by atoms with van der Waals surface area (Å²) in [6.45, 7) is 2.13. The molecular formula is C12H12IN5S. The predicted molar refractivity (Wildman–Crippen MR) is 86.3 cm³/mol. The van der Waals surface area contributed by atoms with E-state index in [1.165, 1.54) is 3.57 Å². The van der Waals surface area contributed by atoms with Gasteiger partial charge in [0.1, 0.15) is 22.2 Å². The summed E-state index contributed by atoms with van der Waals surface area (Å²) in [5, 5.41) is 8.02. The van der Waals surface area contributed by atoms with Crippen molar-refractivity contribution in [1.82, 2.24) is 19.6 Å². The molecule has 0 aliphatic carbocycles. The monoisotopic (exact) mass is 385 g/mol. The van der Waals surface area contributed by atoms with Crippen LogP contribution < -0.4 is 5.73 Å². The third-order valence-corrected chi connectivity index (χ3v) is 4.26. The van der Waals surface area contributed by atoms with E-state index in [2.05, 4.69) is 55.3 Å².